The van der Waals surface area contributed by atoms with E-state index in [0.29, 0.717) is 45.6 Å². The molecule has 4 rings (SSSR count). The van der Waals surface area contributed by atoms with Crippen molar-refractivity contribution in [3.05, 3.63) is 46.6 Å². The van der Waals surface area contributed by atoms with Crippen LogP contribution in [0.15, 0.2) is 24.3 Å². The second kappa shape index (κ2) is 11.4. The minimum absolute atomic E-state index is 0.117. The molecule has 2 aromatic carbocycles. The fourth-order valence-electron chi connectivity index (χ4n) is 5.14. The molecule has 1 atom stereocenters. The first-order valence-electron chi connectivity index (χ1n) is 12.4. The summed E-state index contributed by atoms with van der Waals surface area (Å²) in [4.78, 5) is 4.75. The van der Waals surface area contributed by atoms with E-state index in [1.807, 2.05) is 30.3 Å². The number of ether oxygens (including phenoxy) is 6. The minimum atomic E-state index is 0.117. The summed E-state index contributed by atoms with van der Waals surface area (Å²) in [6.45, 7) is 2.13. The number of aromatic nitrogens is 1. The maximum absolute atomic E-state index is 10.2. The molecule has 0 spiro atoms. The highest BCUT2D eigenvalue weighted by atomic mass is 16.5. The number of hydrogen-bond acceptors (Lipinski definition) is 9. The number of rotatable bonds is 8. The van der Waals surface area contributed by atoms with E-state index >= 15 is 0 Å². The van der Waals surface area contributed by atoms with Gasteiger partial charge in [-0.3, -0.25) is 0 Å². The lowest BCUT2D eigenvalue weighted by molar-refractivity contribution is 0.324. The van der Waals surface area contributed by atoms with Crippen molar-refractivity contribution >= 4 is 17.5 Å². The van der Waals surface area contributed by atoms with Crippen LogP contribution in [0.3, 0.4) is 0 Å². The lowest BCUT2D eigenvalue weighted by Gasteiger charge is -2.28. The first kappa shape index (κ1) is 27.5. The molecule has 0 aliphatic heterocycles. The first-order valence-corrected chi connectivity index (χ1v) is 12.4. The standard InChI is InChI=1S/C30H33N3O6/c1-16-8-9-18(10-17-11-21(34-2)28(38-6)22(12-17)35-3)27-25(16)26(20(15-31)30(32)33-27)19-13-23(36-4)29(39-7)24(14-19)37-5/h10-14,16H,8-9H2,1-7H3,(H2,32,33). The van der Waals surface area contributed by atoms with Crippen LogP contribution in [0.1, 0.15) is 48.1 Å². The third-order valence-electron chi connectivity index (χ3n) is 7.00. The van der Waals surface area contributed by atoms with Crippen LogP contribution in [0.5, 0.6) is 34.5 Å². The van der Waals surface area contributed by atoms with E-state index in [-0.39, 0.29) is 11.7 Å². The lowest BCUT2D eigenvalue weighted by atomic mass is 9.78. The molecule has 3 aromatic rings. The Morgan fingerprint density at radius 1 is 0.846 bits per heavy atom. The molecule has 0 amide bonds. The summed E-state index contributed by atoms with van der Waals surface area (Å²) >= 11 is 0. The van der Waals surface area contributed by atoms with Crippen molar-refractivity contribution in [2.75, 3.05) is 48.4 Å². The summed E-state index contributed by atoms with van der Waals surface area (Å²) in [5.74, 6) is 3.33. The van der Waals surface area contributed by atoms with E-state index in [0.717, 1.165) is 40.8 Å². The van der Waals surface area contributed by atoms with Crippen LogP contribution in [0, 0.1) is 11.3 Å². The molecule has 0 saturated carbocycles. The van der Waals surface area contributed by atoms with E-state index < -0.39 is 0 Å². The van der Waals surface area contributed by atoms with Crippen molar-refractivity contribution in [1.82, 2.24) is 4.98 Å². The highest BCUT2D eigenvalue weighted by Crippen LogP contribution is 2.49. The van der Waals surface area contributed by atoms with Crippen molar-refractivity contribution in [3.63, 3.8) is 0 Å². The summed E-state index contributed by atoms with van der Waals surface area (Å²) in [7, 11) is 9.41. The maximum Gasteiger partial charge on any atom is 0.203 e. The molecule has 1 heterocycles. The van der Waals surface area contributed by atoms with E-state index in [2.05, 4.69) is 13.0 Å². The van der Waals surface area contributed by atoms with Crippen LogP contribution in [0.2, 0.25) is 0 Å². The average molecular weight is 532 g/mol. The second-order valence-corrected chi connectivity index (χ2v) is 9.10. The number of nitrogens with zero attached hydrogens (tertiary/aromatic N) is 2. The molecule has 39 heavy (non-hydrogen) atoms. The van der Waals surface area contributed by atoms with Crippen molar-refractivity contribution in [3.8, 4) is 51.7 Å². The minimum Gasteiger partial charge on any atom is -0.493 e. The van der Waals surface area contributed by atoms with Gasteiger partial charge in [0.05, 0.1) is 48.4 Å². The molecule has 9 heteroatoms. The zero-order chi connectivity index (χ0) is 28.3. The number of anilines is 1. The van der Waals surface area contributed by atoms with Gasteiger partial charge >= 0.3 is 0 Å². The fraction of sp³-hybridized carbons (Fsp3) is 0.333. The Balaban J connectivity index is 2.00. The largest absolute Gasteiger partial charge is 0.493 e. The van der Waals surface area contributed by atoms with Crippen molar-refractivity contribution in [2.45, 2.75) is 25.7 Å². The predicted molar refractivity (Wildman–Crippen MR) is 150 cm³/mol. The predicted octanol–water partition coefficient (Wildman–Crippen LogP) is 5.69. The number of benzene rings is 2. The molecule has 204 valence electrons. The van der Waals surface area contributed by atoms with Crippen LogP contribution in [-0.4, -0.2) is 47.6 Å². The Morgan fingerprint density at radius 3 is 1.82 bits per heavy atom. The molecular formula is C30H33N3O6. The molecular weight excluding hydrogens is 498 g/mol. The number of nitrogen functional groups attached to an aromatic ring is 1. The van der Waals surface area contributed by atoms with Gasteiger partial charge in [-0.1, -0.05) is 6.92 Å². The number of pyridine rings is 1. The Hall–Kier alpha value is -4.58. The van der Waals surface area contributed by atoms with Crippen LogP contribution in [0.4, 0.5) is 5.82 Å². The molecule has 1 unspecified atom stereocenters. The summed E-state index contributed by atoms with van der Waals surface area (Å²) in [6.07, 6.45) is 3.68. The summed E-state index contributed by atoms with van der Waals surface area (Å²) in [6, 6.07) is 9.72. The second-order valence-electron chi connectivity index (χ2n) is 9.10. The Bertz CT molecular complexity index is 1420. The SMILES string of the molecule is COc1cc(C=C2CCC(C)c3c2nc(N)c(C#N)c3-c2cc(OC)c(OC)c(OC)c2)cc(OC)c1OC. The Kier molecular flexibility index (Phi) is 8.05. The molecule has 0 saturated heterocycles. The quantitative estimate of drug-likeness (QED) is 0.391. The molecule has 0 bridgehead atoms. The van der Waals surface area contributed by atoms with Gasteiger partial charge in [0.25, 0.3) is 0 Å². The lowest BCUT2D eigenvalue weighted by Crippen LogP contribution is -2.14. The molecule has 0 radical (unpaired) electrons. The summed E-state index contributed by atoms with van der Waals surface area (Å²) in [5, 5.41) is 10.2. The van der Waals surface area contributed by atoms with Crippen LogP contribution in [0.25, 0.3) is 22.8 Å². The fourth-order valence-corrected chi connectivity index (χ4v) is 5.14. The Morgan fingerprint density at radius 2 is 1.36 bits per heavy atom. The number of fused-ring (bicyclic) bond motifs is 1. The normalized spacial score (nSPS) is 15.2. The maximum atomic E-state index is 10.2. The summed E-state index contributed by atoms with van der Waals surface area (Å²) in [5.41, 5.74) is 11.7. The van der Waals surface area contributed by atoms with Gasteiger partial charge in [-0.05, 0) is 71.4 Å². The van der Waals surface area contributed by atoms with Crippen molar-refractivity contribution in [1.29, 1.82) is 5.26 Å². The van der Waals surface area contributed by atoms with Crippen LogP contribution in [-0.2, 0) is 0 Å². The Labute approximate surface area is 228 Å². The first-order chi connectivity index (χ1) is 18.8. The zero-order valence-corrected chi connectivity index (χ0v) is 23.3. The molecule has 1 aliphatic carbocycles. The van der Waals surface area contributed by atoms with Gasteiger partial charge in [-0.2, -0.15) is 5.26 Å². The van der Waals surface area contributed by atoms with Gasteiger partial charge < -0.3 is 34.2 Å². The third kappa shape index (κ3) is 4.86. The number of nitrogens with two attached hydrogens (primary N) is 1. The van der Waals surface area contributed by atoms with Crippen molar-refractivity contribution < 1.29 is 28.4 Å². The van der Waals surface area contributed by atoms with E-state index in [1.165, 1.54) is 0 Å². The van der Waals surface area contributed by atoms with Crippen LogP contribution >= 0.6 is 0 Å². The molecule has 9 nitrogen and oxygen atoms in total. The molecule has 1 aromatic heterocycles. The van der Waals surface area contributed by atoms with Gasteiger partial charge in [0.2, 0.25) is 11.5 Å². The van der Waals surface area contributed by atoms with Gasteiger partial charge in [0.1, 0.15) is 17.5 Å². The van der Waals surface area contributed by atoms with E-state index in [1.54, 1.807) is 42.7 Å². The van der Waals surface area contributed by atoms with E-state index in [9.17, 15) is 5.26 Å². The van der Waals surface area contributed by atoms with Crippen molar-refractivity contribution in [2.24, 2.45) is 0 Å². The topological polar surface area (TPSA) is 118 Å². The number of hydrogen-bond donors (Lipinski definition) is 1. The van der Waals surface area contributed by atoms with Gasteiger partial charge in [0.15, 0.2) is 23.0 Å². The van der Waals surface area contributed by atoms with E-state index in [4.69, 9.17) is 39.1 Å². The highest BCUT2D eigenvalue weighted by Gasteiger charge is 2.30. The van der Waals surface area contributed by atoms with Crippen LogP contribution < -0.4 is 34.2 Å². The summed E-state index contributed by atoms with van der Waals surface area (Å²) < 4.78 is 33.3. The molecule has 1 aliphatic rings. The molecule has 0 fully saturated rings. The number of nitriles is 1. The number of methoxy groups -OCH3 is 6. The number of allylic oxidation sites excluding steroid dienone is 1. The van der Waals surface area contributed by atoms with Gasteiger partial charge in [-0.15, -0.1) is 0 Å². The third-order valence-corrected chi connectivity index (χ3v) is 7.00. The zero-order valence-electron chi connectivity index (χ0n) is 23.3. The molecule has 2 N–H and O–H groups in total. The average Bonchev–Trinajstić information content (AvgIpc) is 2.96. The van der Waals surface area contributed by atoms with Gasteiger partial charge in [-0.25, -0.2) is 4.98 Å². The monoisotopic (exact) mass is 531 g/mol. The highest BCUT2D eigenvalue weighted by molar-refractivity contribution is 5.90. The smallest absolute Gasteiger partial charge is 0.203 e. The van der Waals surface area contributed by atoms with Gasteiger partial charge in [0, 0.05) is 5.56 Å².